The molecule has 132 valence electrons. The van der Waals surface area contributed by atoms with E-state index in [1.807, 2.05) is 18.2 Å². The average Bonchev–Trinajstić information content (AvgIpc) is 2.39. The van der Waals surface area contributed by atoms with Crippen molar-refractivity contribution in [1.29, 1.82) is 0 Å². The lowest BCUT2D eigenvalue weighted by atomic mass is 10.0. The van der Waals surface area contributed by atoms with Crippen molar-refractivity contribution in [1.82, 2.24) is 0 Å². The van der Waals surface area contributed by atoms with Crippen molar-refractivity contribution in [2.75, 3.05) is 0 Å². The summed E-state index contributed by atoms with van der Waals surface area (Å²) in [4.78, 5) is 0. The van der Waals surface area contributed by atoms with Crippen LogP contribution in [0.25, 0.3) is 0 Å². The summed E-state index contributed by atoms with van der Waals surface area (Å²) in [6, 6.07) is 8.04. The van der Waals surface area contributed by atoms with E-state index in [-0.39, 0.29) is 12.2 Å². The Balaban J connectivity index is 3.18. The minimum absolute atomic E-state index is 0.0753. The molecule has 0 N–H and O–H groups in total. The van der Waals surface area contributed by atoms with Crippen LogP contribution in [0.4, 0.5) is 0 Å². The molecule has 0 bridgehead atoms. The number of halogens is 1. The third-order valence-corrected chi connectivity index (χ3v) is 5.69. The second kappa shape index (κ2) is 8.81. The molecule has 1 aromatic rings. The van der Waals surface area contributed by atoms with Crippen LogP contribution in [0.1, 0.15) is 37.9 Å². The van der Waals surface area contributed by atoms with Crippen molar-refractivity contribution in [2.24, 2.45) is 0 Å². The minimum Gasteiger partial charge on any atom is -0.412 e. The molecule has 0 radical (unpaired) electrons. The van der Waals surface area contributed by atoms with E-state index in [2.05, 4.69) is 52.3 Å². The molecular formula is C18H33ClO2Si2. The van der Waals surface area contributed by atoms with Gasteiger partial charge in [-0.25, -0.2) is 0 Å². The van der Waals surface area contributed by atoms with Gasteiger partial charge in [0.05, 0.1) is 12.2 Å². The van der Waals surface area contributed by atoms with Crippen molar-refractivity contribution in [2.45, 2.75) is 77.7 Å². The van der Waals surface area contributed by atoms with Crippen LogP contribution in [0.5, 0.6) is 0 Å². The largest absolute Gasteiger partial charge is 0.412 e. The number of unbranched alkanes of at least 4 members (excludes halogenated alkanes) is 1. The summed E-state index contributed by atoms with van der Waals surface area (Å²) in [5.41, 5.74) is 1.07. The first-order chi connectivity index (χ1) is 10.5. The molecule has 0 heterocycles. The van der Waals surface area contributed by atoms with Crippen molar-refractivity contribution >= 4 is 28.2 Å². The predicted molar refractivity (Wildman–Crippen MR) is 106 cm³/mol. The van der Waals surface area contributed by atoms with Crippen LogP contribution in [0.15, 0.2) is 24.3 Å². The minimum atomic E-state index is -1.73. The molecule has 23 heavy (non-hydrogen) atoms. The van der Waals surface area contributed by atoms with Gasteiger partial charge in [0.25, 0.3) is 0 Å². The third-order valence-electron chi connectivity index (χ3n) is 3.38. The Morgan fingerprint density at radius 3 is 2.00 bits per heavy atom. The van der Waals surface area contributed by atoms with E-state index < -0.39 is 16.6 Å². The van der Waals surface area contributed by atoms with Crippen LogP contribution < -0.4 is 0 Å². The second-order valence-corrected chi connectivity index (χ2v) is 17.4. The first-order valence-electron chi connectivity index (χ1n) is 8.63. The SMILES string of the molecule is CCCCC(O[Si](C)(C)C)C(O[Si](C)(C)C)c1ccccc1Cl. The van der Waals surface area contributed by atoms with Crippen LogP contribution in [-0.4, -0.2) is 22.7 Å². The molecule has 0 saturated heterocycles. The maximum absolute atomic E-state index is 6.56. The molecule has 2 nitrogen and oxygen atoms in total. The van der Waals surface area contributed by atoms with Gasteiger partial charge in [0.2, 0.25) is 0 Å². The molecule has 1 aromatic carbocycles. The predicted octanol–water partition coefficient (Wildman–Crippen LogP) is 6.64. The van der Waals surface area contributed by atoms with Crippen LogP contribution in [0, 0.1) is 0 Å². The molecular weight excluding hydrogens is 340 g/mol. The van der Waals surface area contributed by atoms with Crippen molar-refractivity contribution in [3.8, 4) is 0 Å². The smallest absolute Gasteiger partial charge is 0.184 e. The zero-order valence-electron chi connectivity index (χ0n) is 15.8. The quantitative estimate of drug-likeness (QED) is 0.452. The maximum atomic E-state index is 6.56. The van der Waals surface area contributed by atoms with E-state index in [9.17, 15) is 0 Å². The first kappa shape index (κ1) is 20.9. The molecule has 2 atom stereocenters. The van der Waals surface area contributed by atoms with E-state index in [1.165, 1.54) is 0 Å². The monoisotopic (exact) mass is 372 g/mol. The molecule has 0 saturated carbocycles. The number of benzene rings is 1. The van der Waals surface area contributed by atoms with E-state index in [0.29, 0.717) is 0 Å². The van der Waals surface area contributed by atoms with Gasteiger partial charge >= 0.3 is 0 Å². The van der Waals surface area contributed by atoms with Gasteiger partial charge in [-0.1, -0.05) is 49.6 Å². The topological polar surface area (TPSA) is 18.5 Å². The number of hydrogen-bond donors (Lipinski definition) is 0. The van der Waals surface area contributed by atoms with Crippen LogP contribution in [0.2, 0.25) is 44.3 Å². The average molecular weight is 373 g/mol. The normalized spacial score (nSPS) is 15.5. The van der Waals surface area contributed by atoms with E-state index in [4.69, 9.17) is 20.5 Å². The first-order valence-corrected chi connectivity index (χ1v) is 15.8. The van der Waals surface area contributed by atoms with Gasteiger partial charge in [0, 0.05) is 10.6 Å². The van der Waals surface area contributed by atoms with Crippen molar-refractivity contribution < 1.29 is 8.85 Å². The van der Waals surface area contributed by atoms with Crippen molar-refractivity contribution in [3.63, 3.8) is 0 Å². The van der Waals surface area contributed by atoms with Gasteiger partial charge in [0.1, 0.15) is 0 Å². The molecule has 0 aliphatic rings. The Hall–Kier alpha value is -0.136. The summed E-state index contributed by atoms with van der Waals surface area (Å²) < 4.78 is 13.1. The third kappa shape index (κ3) is 7.99. The highest BCUT2D eigenvalue weighted by Gasteiger charge is 2.33. The lowest BCUT2D eigenvalue weighted by Gasteiger charge is -2.37. The zero-order valence-corrected chi connectivity index (χ0v) is 18.5. The summed E-state index contributed by atoms with van der Waals surface area (Å²) in [7, 11) is -3.39. The summed E-state index contributed by atoms with van der Waals surface area (Å²) in [6.07, 6.45) is 3.32. The lowest BCUT2D eigenvalue weighted by molar-refractivity contribution is 0.0362. The van der Waals surface area contributed by atoms with Gasteiger partial charge in [-0.3, -0.25) is 0 Å². The Kier molecular flexibility index (Phi) is 8.01. The number of hydrogen-bond acceptors (Lipinski definition) is 2. The Bertz CT molecular complexity index is 481. The molecule has 0 aromatic heterocycles. The highest BCUT2D eigenvalue weighted by Crippen LogP contribution is 2.35. The summed E-state index contributed by atoms with van der Waals surface area (Å²) in [5.74, 6) is 0. The fourth-order valence-corrected chi connectivity index (χ4v) is 4.99. The molecule has 5 heteroatoms. The van der Waals surface area contributed by atoms with Gasteiger partial charge in [-0.05, 0) is 51.8 Å². The fourth-order valence-electron chi connectivity index (χ4n) is 2.56. The molecule has 1 rings (SSSR count). The summed E-state index contributed by atoms with van der Waals surface area (Å²) in [6.45, 7) is 15.6. The molecule has 0 aliphatic carbocycles. The standard InChI is InChI=1S/C18H33ClO2Si2/c1-8-9-14-17(20-22(2,3)4)18(21-23(5,6)7)15-12-10-11-13-16(15)19/h10-13,17-18H,8-9,14H2,1-7H3. The van der Waals surface area contributed by atoms with Crippen LogP contribution >= 0.6 is 11.6 Å². The highest BCUT2D eigenvalue weighted by atomic mass is 35.5. The van der Waals surface area contributed by atoms with Crippen molar-refractivity contribution in [3.05, 3.63) is 34.9 Å². The van der Waals surface area contributed by atoms with E-state index >= 15 is 0 Å². The molecule has 0 spiro atoms. The fraction of sp³-hybridized carbons (Fsp3) is 0.667. The van der Waals surface area contributed by atoms with E-state index in [0.717, 1.165) is 29.8 Å². The second-order valence-electron chi connectivity index (χ2n) is 8.08. The maximum Gasteiger partial charge on any atom is 0.184 e. The highest BCUT2D eigenvalue weighted by molar-refractivity contribution is 6.70. The summed E-state index contributed by atoms with van der Waals surface area (Å²) in [5, 5.41) is 0.774. The molecule has 0 aliphatic heterocycles. The lowest BCUT2D eigenvalue weighted by Crippen LogP contribution is -2.40. The Morgan fingerprint density at radius 1 is 0.957 bits per heavy atom. The molecule has 0 amide bonds. The van der Waals surface area contributed by atoms with Crippen LogP contribution in [-0.2, 0) is 8.85 Å². The zero-order chi connectivity index (χ0) is 17.7. The molecule has 2 unspecified atom stereocenters. The molecule has 0 fully saturated rings. The Morgan fingerprint density at radius 2 is 1.52 bits per heavy atom. The van der Waals surface area contributed by atoms with E-state index in [1.54, 1.807) is 0 Å². The van der Waals surface area contributed by atoms with Gasteiger partial charge in [-0.15, -0.1) is 0 Å². The van der Waals surface area contributed by atoms with Crippen LogP contribution in [0.3, 0.4) is 0 Å². The van der Waals surface area contributed by atoms with Gasteiger partial charge < -0.3 is 8.85 Å². The Labute approximate surface area is 149 Å². The summed E-state index contributed by atoms with van der Waals surface area (Å²) >= 11 is 6.49. The number of rotatable bonds is 9. The van der Waals surface area contributed by atoms with Gasteiger partial charge in [-0.2, -0.15) is 0 Å². The van der Waals surface area contributed by atoms with Gasteiger partial charge in [0.15, 0.2) is 16.6 Å².